The molecule has 1 N–H and O–H groups in total. The summed E-state index contributed by atoms with van der Waals surface area (Å²) in [6.45, 7) is 1.54. The van der Waals surface area contributed by atoms with Crippen LogP contribution in [0.1, 0.15) is 18.0 Å². The summed E-state index contributed by atoms with van der Waals surface area (Å²) in [5, 5.41) is 18.8. The van der Waals surface area contributed by atoms with Gasteiger partial charge in [0.15, 0.2) is 5.82 Å². The van der Waals surface area contributed by atoms with Crippen LogP contribution >= 0.6 is 12.6 Å². The van der Waals surface area contributed by atoms with Crippen molar-refractivity contribution in [1.29, 1.82) is 0 Å². The van der Waals surface area contributed by atoms with Crippen LogP contribution in [0.25, 0.3) is 0 Å². The zero-order valence-electron chi connectivity index (χ0n) is 6.38. The van der Waals surface area contributed by atoms with Crippen molar-refractivity contribution in [3.05, 3.63) is 5.82 Å². The summed E-state index contributed by atoms with van der Waals surface area (Å²) in [6, 6.07) is 0. The van der Waals surface area contributed by atoms with E-state index in [4.69, 9.17) is 5.11 Å². The Bertz CT molecular complexity index is 285. The lowest BCUT2D eigenvalue weighted by Gasteiger charge is -2.02. The van der Waals surface area contributed by atoms with Gasteiger partial charge in [-0.2, -0.15) is 12.6 Å². The number of hydrogen-bond acceptors (Lipinski definition) is 5. The van der Waals surface area contributed by atoms with Gasteiger partial charge in [-0.3, -0.25) is 4.79 Å². The molecule has 12 heavy (non-hydrogen) atoms. The molecule has 0 fully saturated rings. The maximum atomic E-state index is 10.3. The van der Waals surface area contributed by atoms with E-state index in [9.17, 15) is 4.79 Å². The van der Waals surface area contributed by atoms with Gasteiger partial charge in [0.1, 0.15) is 6.54 Å². The number of nitrogens with zero attached hydrogens (tertiary/aromatic N) is 4. The SMILES string of the molecule is CC(S)c1nnnn1CC(=O)O. The quantitative estimate of drug-likeness (QED) is 0.639. The second-order valence-electron chi connectivity index (χ2n) is 2.26. The maximum Gasteiger partial charge on any atom is 0.325 e. The highest BCUT2D eigenvalue weighted by Gasteiger charge is 2.12. The molecule has 0 spiro atoms. The molecule has 7 heteroatoms. The summed E-state index contributed by atoms with van der Waals surface area (Å²) in [5.74, 6) is -0.515. The predicted octanol–water partition coefficient (Wildman–Crippen LogP) is -0.252. The Morgan fingerprint density at radius 1 is 1.83 bits per heavy atom. The van der Waals surface area contributed by atoms with Crippen molar-refractivity contribution in [3.63, 3.8) is 0 Å². The first kappa shape index (κ1) is 8.98. The van der Waals surface area contributed by atoms with Crippen LogP contribution in [0.2, 0.25) is 0 Å². The number of hydrogen-bond donors (Lipinski definition) is 2. The lowest BCUT2D eigenvalue weighted by atomic mass is 10.4. The number of thiol groups is 1. The maximum absolute atomic E-state index is 10.3. The first-order chi connectivity index (χ1) is 5.61. The minimum absolute atomic E-state index is 0.167. The van der Waals surface area contributed by atoms with Gasteiger partial charge in [0.05, 0.1) is 5.25 Å². The second kappa shape index (κ2) is 3.53. The molecule has 0 saturated heterocycles. The molecule has 66 valence electrons. The van der Waals surface area contributed by atoms with Crippen molar-refractivity contribution < 1.29 is 9.90 Å². The number of carboxylic acid groups (broad SMARTS) is 1. The molecule has 1 aromatic heterocycles. The lowest BCUT2D eigenvalue weighted by Crippen LogP contribution is -2.13. The first-order valence-corrected chi connectivity index (χ1v) is 3.79. The van der Waals surface area contributed by atoms with E-state index >= 15 is 0 Å². The smallest absolute Gasteiger partial charge is 0.325 e. The molecule has 1 rings (SSSR count). The Labute approximate surface area is 74.0 Å². The summed E-state index contributed by atoms with van der Waals surface area (Å²) in [4.78, 5) is 10.3. The van der Waals surface area contributed by atoms with Crippen LogP contribution in [0, 0.1) is 0 Å². The van der Waals surface area contributed by atoms with Crippen LogP contribution < -0.4 is 0 Å². The topological polar surface area (TPSA) is 80.9 Å². The average molecular weight is 188 g/mol. The van der Waals surface area contributed by atoms with E-state index in [0.29, 0.717) is 5.82 Å². The van der Waals surface area contributed by atoms with Gasteiger partial charge in [-0.15, -0.1) is 5.10 Å². The summed E-state index contributed by atoms with van der Waals surface area (Å²) < 4.78 is 1.21. The third-order valence-corrected chi connectivity index (χ3v) is 1.45. The van der Waals surface area contributed by atoms with Crippen molar-refractivity contribution in [2.45, 2.75) is 18.7 Å². The molecular formula is C5H8N4O2S. The van der Waals surface area contributed by atoms with E-state index in [2.05, 4.69) is 28.2 Å². The summed E-state index contributed by atoms with van der Waals surface area (Å²) >= 11 is 4.09. The molecule has 1 heterocycles. The average Bonchev–Trinajstić information content (AvgIpc) is 2.33. The zero-order chi connectivity index (χ0) is 9.14. The molecule has 0 aliphatic rings. The Balaban J connectivity index is 2.84. The Morgan fingerprint density at radius 3 is 3.00 bits per heavy atom. The van der Waals surface area contributed by atoms with Gasteiger partial charge < -0.3 is 5.11 Å². The van der Waals surface area contributed by atoms with Crippen molar-refractivity contribution in [1.82, 2.24) is 20.2 Å². The number of carboxylic acids is 1. The van der Waals surface area contributed by atoms with E-state index in [0.717, 1.165) is 0 Å². The molecule has 0 aromatic carbocycles. The fourth-order valence-corrected chi connectivity index (χ4v) is 0.936. The largest absolute Gasteiger partial charge is 0.480 e. The van der Waals surface area contributed by atoms with Crippen LogP contribution in [-0.2, 0) is 11.3 Å². The minimum atomic E-state index is -0.975. The third kappa shape index (κ3) is 1.94. The van der Waals surface area contributed by atoms with Crippen molar-refractivity contribution in [2.24, 2.45) is 0 Å². The first-order valence-electron chi connectivity index (χ1n) is 3.27. The van der Waals surface area contributed by atoms with Crippen molar-refractivity contribution in [2.75, 3.05) is 0 Å². The lowest BCUT2D eigenvalue weighted by molar-refractivity contribution is -0.138. The minimum Gasteiger partial charge on any atom is -0.480 e. The van der Waals surface area contributed by atoms with Crippen LogP contribution in [-0.4, -0.2) is 31.3 Å². The molecule has 6 nitrogen and oxygen atoms in total. The summed E-state index contributed by atoms with van der Waals surface area (Å²) in [5.41, 5.74) is 0. The van der Waals surface area contributed by atoms with Crippen LogP contribution in [0.15, 0.2) is 0 Å². The number of rotatable bonds is 3. The van der Waals surface area contributed by atoms with E-state index in [-0.39, 0.29) is 11.8 Å². The van der Waals surface area contributed by atoms with Gasteiger partial charge in [0, 0.05) is 0 Å². The van der Waals surface area contributed by atoms with Crippen LogP contribution in [0.3, 0.4) is 0 Å². The molecule has 0 amide bonds. The van der Waals surface area contributed by atoms with E-state index in [1.165, 1.54) is 4.68 Å². The van der Waals surface area contributed by atoms with Gasteiger partial charge >= 0.3 is 5.97 Å². The molecule has 0 aliphatic carbocycles. The second-order valence-corrected chi connectivity index (χ2v) is 3.04. The van der Waals surface area contributed by atoms with Crippen LogP contribution in [0.5, 0.6) is 0 Å². The normalized spacial score (nSPS) is 12.8. The summed E-state index contributed by atoms with van der Waals surface area (Å²) in [6.07, 6.45) is 0. The molecule has 1 unspecified atom stereocenters. The Hall–Kier alpha value is -1.11. The highest BCUT2D eigenvalue weighted by Crippen LogP contribution is 2.13. The van der Waals surface area contributed by atoms with Crippen molar-refractivity contribution in [3.8, 4) is 0 Å². The highest BCUT2D eigenvalue weighted by atomic mass is 32.1. The van der Waals surface area contributed by atoms with Gasteiger partial charge in [-0.05, 0) is 17.4 Å². The van der Waals surface area contributed by atoms with Gasteiger partial charge in [-0.1, -0.05) is 0 Å². The van der Waals surface area contributed by atoms with Gasteiger partial charge in [0.2, 0.25) is 0 Å². The molecule has 1 atom stereocenters. The standard InChI is InChI=1S/C5H8N4O2S/c1-3(12)5-6-7-8-9(5)2-4(10)11/h3,12H,2H2,1H3,(H,10,11). The molecule has 0 bridgehead atoms. The number of aliphatic carboxylic acids is 1. The molecule has 0 radical (unpaired) electrons. The molecule has 1 aromatic rings. The monoisotopic (exact) mass is 188 g/mol. The van der Waals surface area contributed by atoms with E-state index < -0.39 is 5.97 Å². The number of aromatic nitrogens is 4. The fraction of sp³-hybridized carbons (Fsp3) is 0.600. The zero-order valence-corrected chi connectivity index (χ0v) is 7.27. The molecule has 0 aliphatic heterocycles. The Morgan fingerprint density at radius 2 is 2.50 bits per heavy atom. The fourth-order valence-electron chi connectivity index (χ4n) is 0.752. The van der Waals surface area contributed by atoms with Gasteiger partial charge in [0.25, 0.3) is 0 Å². The van der Waals surface area contributed by atoms with Crippen molar-refractivity contribution >= 4 is 18.6 Å². The van der Waals surface area contributed by atoms with Gasteiger partial charge in [-0.25, -0.2) is 4.68 Å². The highest BCUT2D eigenvalue weighted by molar-refractivity contribution is 7.80. The molecular weight excluding hydrogens is 180 g/mol. The number of carbonyl (C=O) groups is 1. The predicted molar refractivity (Wildman–Crippen MR) is 42.9 cm³/mol. The van der Waals surface area contributed by atoms with E-state index in [1.54, 1.807) is 6.92 Å². The third-order valence-electron chi connectivity index (χ3n) is 1.22. The summed E-state index contributed by atoms with van der Waals surface area (Å²) in [7, 11) is 0. The van der Waals surface area contributed by atoms with E-state index in [1.807, 2.05) is 0 Å². The molecule has 0 saturated carbocycles. The number of tetrazole rings is 1. The Kier molecular flexibility index (Phi) is 2.64. The van der Waals surface area contributed by atoms with Crippen LogP contribution in [0.4, 0.5) is 0 Å².